The highest BCUT2D eigenvalue weighted by atomic mass is 16.5. The van der Waals surface area contributed by atoms with Gasteiger partial charge in [-0.15, -0.1) is 0 Å². The van der Waals surface area contributed by atoms with E-state index in [1.165, 1.54) is 11.0 Å². The predicted molar refractivity (Wildman–Crippen MR) is 71.1 cm³/mol. The van der Waals surface area contributed by atoms with Crippen molar-refractivity contribution in [1.29, 1.82) is 0 Å². The van der Waals surface area contributed by atoms with Gasteiger partial charge in [-0.05, 0) is 44.5 Å². The van der Waals surface area contributed by atoms with E-state index in [4.69, 9.17) is 4.74 Å². The Morgan fingerprint density at radius 1 is 1.32 bits per heavy atom. The summed E-state index contributed by atoms with van der Waals surface area (Å²) in [6.45, 7) is 5.88. The molecule has 0 radical (unpaired) electrons. The number of esters is 1. The zero-order valence-electron chi connectivity index (χ0n) is 11.5. The summed E-state index contributed by atoms with van der Waals surface area (Å²) in [5, 5.41) is 9.44. The molecule has 5 nitrogen and oxygen atoms in total. The maximum atomic E-state index is 12.2. The molecule has 104 valence electrons. The van der Waals surface area contributed by atoms with Gasteiger partial charge >= 0.3 is 5.97 Å². The maximum absolute atomic E-state index is 12.2. The van der Waals surface area contributed by atoms with E-state index in [9.17, 15) is 14.7 Å². The van der Waals surface area contributed by atoms with Gasteiger partial charge < -0.3 is 14.7 Å². The van der Waals surface area contributed by atoms with E-state index in [-0.39, 0.29) is 18.2 Å². The van der Waals surface area contributed by atoms with E-state index in [2.05, 4.69) is 0 Å². The molecule has 0 heterocycles. The molecule has 5 heteroatoms. The maximum Gasteiger partial charge on any atom is 0.325 e. The average Bonchev–Trinajstić information content (AvgIpc) is 2.38. The van der Waals surface area contributed by atoms with Crippen molar-refractivity contribution < 1.29 is 19.4 Å². The zero-order chi connectivity index (χ0) is 14.4. The number of phenolic OH excluding ortho intramolecular Hbond substituents is 1. The summed E-state index contributed by atoms with van der Waals surface area (Å²) in [5.41, 5.74) is 1.07. The standard InChI is InChI=1S/C14H19NO4/c1-4-15(9-13(17)19-5-2)14(18)11-6-7-12(16)10(3)8-11/h6-8,16H,4-5,9H2,1-3H3. The van der Waals surface area contributed by atoms with Crippen molar-refractivity contribution in [3.8, 4) is 5.75 Å². The first kappa shape index (κ1) is 15.0. The van der Waals surface area contributed by atoms with E-state index < -0.39 is 5.97 Å². The Balaban J connectivity index is 2.83. The number of amides is 1. The summed E-state index contributed by atoms with van der Waals surface area (Å²) >= 11 is 0. The van der Waals surface area contributed by atoms with Crippen LogP contribution in [0.5, 0.6) is 5.75 Å². The predicted octanol–water partition coefficient (Wildman–Crippen LogP) is 1.73. The highest BCUT2D eigenvalue weighted by molar-refractivity contribution is 5.96. The Bertz CT molecular complexity index is 471. The molecule has 0 saturated heterocycles. The number of likely N-dealkylation sites (N-methyl/N-ethyl adjacent to an activating group) is 1. The van der Waals surface area contributed by atoms with E-state index in [1.807, 2.05) is 0 Å². The molecule has 0 unspecified atom stereocenters. The molecule has 0 bridgehead atoms. The highest BCUT2D eigenvalue weighted by Gasteiger charge is 2.18. The van der Waals surface area contributed by atoms with Crippen LogP contribution in [-0.2, 0) is 9.53 Å². The van der Waals surface area contributed by atoms with Gasteiger partial charge in [-0.3, -0.25) is 9.59 Å². The third kappa shape index (κ3) is 3.98. The normalized spacial score (nSPS) is 10.1. The third-order valence-corrected chi connectivity index (χ3v) is 2.74. The number of nitrogens with zero attached hydrogens (tertiary/aromatic N) is 1. The number of carbonyl (C=O) groups excluding carboxylic acids is 2. The number of aromatic hydroxyl groups is 1. The molecule has 0 aliphatic carbocycles. The van der Waals surface area contributed by atoms with Crippen LogP contribution in [-0.4, -0.2) is 41.6 Å². The molecule has 1 amide bonds. The third-order valence-electron chi connectivity index (χ3n) is 2.74. The Morgan fingerprint density at radius 2 is 2.00 bits per heavy atom. The van der Waals surface area contributed by atoms with Crippen molar-refractivity contribution >= 4 is 11.9 Å². The van der Waals surface area contributed by atoms with E-state index in [0.29, 0.717) is 24.3 Å². The van der Waals surface area contributed by atoms with Crippen LogP contribution in [0.15, 0.2) is 18.2 Å². The van der Waals surface area contributed by atoms with Gasteiger partial charge in [-0.25, -0.2) is 0 Å². The van der Waals surface area contributed by atoms with Gasteiger partial charge in [0.2, 0.25) is 0 Å². The van der Waals surface area contributed by atoms with Crippen LogP contribution in [0.3, 0.4) is 0 Å². The topological polar surface area (TPSA) is 66.8 Å². The Hall–Kier alpha value is -2.04. The minimum absolute atomic E-state index is 0.0664. The monoisotopic (exact) mass is 265 g/mol. The van der Waals surface area contributed by atoms with Gasteiger partial charge in [0.25, 0.3) is 5.91 Å². The van der Waals surface area contributed by atoms with Gasteiger partial charge in [-0.1, -0.05) is 0 Å². The average molecular weight is 265 g/mol. The van der Waals surface area contributed by atoms with Crippen molar-refractivity contribution in [3.05, 3.63) is 29.3 Å². The quantitative estimate of drug-likeness (QED) is 0.823. The molecule has 1 aromatic carbocycles. The van der Waals surface area contributed by atoms with Crippen LogP contribution >= 0.6 is 0 Å². The van der Waals surface area contributed by atoms with Crippen molar-refractivity contribution in [2.24, 2.45) is 0 Å². The van der Waals surface area contributed by atoms with Crippen LogP contribution in [0.4, 0.5) is 0 Å². The minimum Gasteiger partial charge on any atom is -0.508 e. The highest BCUT2D eigenvalue weighted by Crippen LogP contribution is 2.18. The zero-order valence-corrected chi connectivity index (χ0v) is 11.5. The van der Waals surface area contributed by atoms with Crippen LogP contribution < -0.4 is 0 Å². The van der Waals surface area contributed by atoms with Crippen molar-refractivity contribution in [3.63, 3.8) is 0 Å². The molecule has 1 aromatic rings. The molecular formula is C14H19NO4. The smallest absolute Gasteiger partial charge is 0.325 e. The van der Waals surface area contributed by atoms with Crippen LogP contribution in [0.1, 0.15) is 29.8 Å². The van der Waals surface area contributed by atoms with Gasteiger partial charge in [0.1, 0.15) is 12.3 Å². The second kappa shape index (κ2) is 6.78. The summed E-state index contributed by atoms with van der Waals surface area (Å²) in [4.78, 5) is 25.0. The lowest BCUT2D eigenvalue weighted by Crippen LogP contribution is -2.36. The summed E-state index contributed by atoms with van der Waals surface area (Å²) < 4.78 is 4.83. The lowest BCUT2D eigenvalue weighted by molar-refractivity contribution is -0.143. The fourth-order valence-electron chi connectivity index (χ4n) is 1.66. The minimum atomic E-state index is -0.423. The first-order valence-electron chi connectivity index (χ1n) is 6.24. The number of aryl methyl sites for hydroxylation is 1. The van der Waals surface area contributed by atoms with Crippen molar-refractivity contribution in [2.45, 2.75) is 20.8 Å². The molecule has 0 fully saturated rings. The summed E-state index contributed by atoms with van der Waals surface area (Å²) in [6, 6.07) is 4.62. The molecule has 1 rings (SSSR count). The number of benzene rings is 1. The summed E-state index contributed by atoms with van der Waals surface area (Å²) in [6.07, 6.45) is 0. The van der Waals surface area contributed by atoms with Gasteiger partial charge in [0.15, 0.2) is 0 Å². The Morgan fingerprint density at radius 3 is 2.53 bits per heavy atom. The molecule has 0 aliphatic rings. The first-order valence-corrected chi connectivity index (χ1v) is 6.24. The number of rotatable bonds is 5. The number of hydrogen-bond donors (Lipinski definition) is 1. The Kier molecular flexibility index (Phi) is 5.36. The second-order valence-corrected chi connectivity index (χ2v) is 4.13. The van der Waals surface area contributed by atoms with Crippen LogP contribution in [0, 0.1) is 6.92 Å². The van der Waals surface area contributed by atoms with Crippen LogP contribution in [0.25, 0.3) is 0 Å². The molecule has 0 aliphatic heterocycles. The molecule has 0 aromatic heterocycles. The molecule has 0 spiro atoms. The second-order valence-electron chi connectivity index (χ2n) is 4.13. The van der Waals surface area contributed by atoms with E-state index in [1.54, 1.807) is 32.9 Å². The number of ether oxygens (including phenoxy) is 1. The molecule has 1 N–H and O–H groups in total. The lowest BCUT2D eigenvalue weighted by atomic mass is 10.1. The lowest BCUT2D eigenvalue weighted by Gasteiger charge is -2.20. The van der Waals surface area contributed by atoms with Crippen molar-refractivity contribution in [1.82, 2.24) is 4.90 Å². The number of phenols is 1. The fraction of sp³-hybridized carbons (Fsp3) is 0.429. The molecule has 19 heavy (non-hydrogen) atoms. The number of carbonyl (C=O) groups is 2. The SMILES string of the molecule is CCOC(=O)CN(CC)C(=O)c1ccc(O)c(C)c1. The largest absolute Gasteiger partial charge is 0.508 e. The van der Waals surface area contributed by atoms with Crippen LogP contribution in [0.2, 0.25) is 0 Å². The fourth-order valence-corrected chi connectivity index (χ4v) is 1.66. The summed E-state index contributed by atoms with van der Waals surface area (Å²) in [5.74, 6) is -0.531. The first-order chi connectivity index (χ1) is 8.99. The summed E-state index contributed by atoms with van der Waals surface area (Å²) in [7, 11) is 0. The number of hydrogen-bond acceptors (Lipinski definition) is 4. The molecule has 0 saturated carbocycles. The molecule has 0 atom stereocenters. The van der Waals surface area contributed by atoms with E-state index in [0.717, 1.165) is 0 Å². The van der Waals surface area contributed by atoms with Gasteiger partial charge in [0.05, 0.1) is 6.61 Å². The van der Waals surface area contributed by atoms with Gasteiger partial charge in [-0.2, -0.15) is 0 Å². The molecular weight excluding hydrogens is 246 g/mol. The van der Waals surface area contributed by atoms with Crippen molar-refractivity contribution in [2.75, 3.05) is 19.7 Å². The van der Waals surface area contributed by atoms with E-state index >= 15 is 0 Å². The Labute approximate surface area is 112 Å². The van der Waals surface area contributed by atoms with Gasteiger partial charge in [0, 0.05) is 12.1 Å².